The van der Waals surface area contributed by atoms with Crippen LogP contribution in [0.15, 0.2) is 42.5 Å². The highest BCUT2D eigenvalue weighted by Crippen LogP contribution is 2.30. The summed E-state index contributed by atoms with van der Waals surface area (Å²) in [5, 5.41) is 10.6. The second-order valence-corrected chi connectivity index (χ2v) is 3.62. The van der Waals surface area contributed by atoms with E-state index in [0.717, 1.165) is 0 Å². The standard InChI is InChI=1S/C12H7ClNO3/c13-11-8-10(6-7-12(11)14(15)16)17-9-4-2-1-3-5-9/h2-8H. The zero-order valence-corrected chi connectivity index (χ0v) is 9.35. The molecule has 0 N–H and O–H groups in total. The lowest BCUT2D eigenvalue weighted by molar-refractivity contribution is -0.384. The second kappa shape index (κ2) is 4.84. The summed E-state index contributed by atoms with van der Waals surface area (Å²) in [4.78, 5) is 10.0. The number of nitro groups is 1. The molecule has 0 heterocycles. The molecule has 0 unspecified atom stereocenters. The fourth-order valence-electron chi connectivity index (χ4n) is 1.27. The van der Waals surface area contributed by atoms with Crippen molar-refractivity contribution >= 4 is 17.3 Å². The molecule has 0 amide bonds. The molecular formula is C12H7ClNO3. The predicted octanol–water partition coefficient (Wildman–Crippen LogP) is 3.84. The van der Waals surface area contributed by atoms with Gasteiger partial charge >= 0.3 is 0 Å². The topological polar surface area (TPSA) is 52.4 Å². The summed E-state index contributed by atoms with van der Waals surface area (Å²) < 4.78 is 5.47. The molecule has 17 heavy (non-hydrogen) atoms. The molecule has 0 aliphatic carbocycles. The lowest BCUT2D eigenvalue weighted by atomic mass is 10.3. The lowest BCUT2D eigenvalue weighted by Crippen LogP contribution is -1.90. The van der Waals surface area contributed by atoms with Crippen molar-refractivity contribution in [1.82, 2.24) is 0 Å². The van der Waals surface area contributed by atoms with Gasteiger partial charge in [-0.15, -0.1) is 0 Å². The number of nitro benzene ring substituents is 1. The van der Waals surface area contributed by atoms with Crippen LogP contribution in [0.3, 0.4) is 0 Å². The number of halogens is 1. The van der Waals surface area contributed by atoms with Gasteiger partial charge in [0.1, 0.15) is 16.5 Å². The van der Waals surface area contributed by atoms with Gasteiger partial charge in [-0.1, -0.05) is 23.7 Å². The molecule has 2 aromatic carbocycles. The molecule has 4 nitrogen and oxygen atoms in total. The van der Waals surface area contributed by atoms with Crippen molar-refractivity contribution in [2.75, 3.05) is 0 Å². The summed E-state index contributed by atoms with van der Waals surface area (Å²) in [6.07, 6.45) is 0. The molecule has 1 radical (unpaired) electrons. The number of ether oxygens (including phenoxy) is 1. The lowest BCUT2D eigenvalue weighted by Gasteiger charge is -2.05. The van der Waals surface area contributed by atoms with Crippen LogP contribution in [-0.2, 0) is 0 Å². The van der Waals surface area contributed by atoms with Crippen molar-refractivity contribution in [2.45, 2.75) is 0 Å². The Labute approximate surface area is 103 Å². The third-order valence-electron chi connectivity index (χ3n) is 2.04. The molecule has 85 valence electrons. The average Bonchev–Trinajstić information content (AvgIpc) is 2.30. The first-order valence-electron chi connectivity index (χ1n) is 4.75. The minimum Gasteiger partial charge on any atom is -0.457 e. The van der Waals surface area contributed by atoms with Gasteiger partial charge in [-0.25, -0.2) is 0 Å². The zero-order chi connectivity index (χ0) is 12.3. The Bertz CT molecular complexity index is 543. The van der Waals surface area contributed by atoms with Crippen LogP contribution >= 0.6 is 11.6 Å². The summed E-state index contributed by atoms with van der Waals surface area (Å²) in [5.74, 6) is 1.07. The third kappa shape index (κ3) is 2.73. The predicted molar refractivity (Wildman–Crippen MR) is 63.5 cm³/mol. The van der Waals surface area contributed by atoms with Crippen LogP contribution in [0.1, 0.15) is 0 Å². The Morgan fingerprint density at radius 2 is 1.88 bits per heavy atom. The van der Waals surface area contributed by atoms with Crippen LogP contribution in [0, 0.1) is 16.2 Å². The SMILES string of the molecule is O=[N+]([O-])c1ccc(Oc2cc[c]cc2)cc1Cl. The van der Waals surface area contributed by atoms with E-state index >= 15 is 0 Å². The molecule has 0 saturated carbocycles. The third-order valence-corrected chi connectivity index (χ3v) is 2.34. The van der Waals surface area contributed by atoms with E-state index in [0.29, 0.717) is 11.5 Å². The molecule has 0 spiro atoms. The van der Waals surface area contributed by atoms with E-state index in [4.69, 9.17) is 16.3 Å². The van der Waals surface area contributed by atoms with Gasteiger partial charge in [-0.3, -0.25) is 10.1 Å². The molecule has 0 bridgehead atoms. The van der Waals surface area contributed by atoms with Crippen molar-refractivity contribution < 1.29 is 9.66 Å². The Hall–Kier alpha value is -2.07. The minimum absolute atomic E-state index is 0.0509. The summed E-state index contributed by atoms with van der Waals surface area (Å²) in [6, 6.07) is 14.0. The smallest absolute Gasteiger partial charge is 0.288 e. The summed E-state index contributed by atoms with van der Waals surface area (Å²) >= 11 is 5.76. The van der Waals surface area contributed by atoms with E-state index in [1.165, 1.54) is 18.2 Å². The fourth-order valence-corrected chi connectivity index (χ4v) is 1.51. The molecule has 0 aromatic heterocycles. The number of hydrogen-bond acceptors (Lipinski definition) is 3. The molecule has 0 fully saturated rings. The van der Waals surface area contributed by atoms with Crippen molar-refractivity contribution in [3.8, 4) is 11.5 Å². The highest BCUT2D eigenvalue weighted by Gasteiger charge is 2.12. The number of rotatable bonds is 3. The Balaban J connectivity index is 2.24. The number of hydrogen-bond donors (Lipinski definition) is 0. The van der Waals surface area contributed by atoms with Gasteiger partial charge in [0.2, 0.25) is 0 Å². The molecule has 0 saturated heterocycles. The van der Waals surface area contributed by atoms with Crippen LogP contribution in [0.25, 0.3) is 0 Å². The highest BCUT2D eigenvalue weighted by molar-refractivity contribution is 6.32. The first-order valence-corrected chi connectivity index (χ1v) is 5.12. The van der Waals surface area contributed by atoms with Gasteiger partial charge in [0.15, 0.2) is 0 Å². The van der Waals surface area contributed by atoms with E-state index in [1.54, 1.807) is 24.3 Å². The molecule has 0 atom stereocenters. The van der Waals surface area contributed by atoms with Gasteiger partial charge in [0, 0.05) is 12.1 Å². The van der Waals surface area contributed by atoms with Crippen molar-refractivity contribution in [1.29, 1.82) is 0 Å². The van der Waals surface area contributed by atoms with Crippen LogP contribution in [0.2, 0.25) is 5.02 Å². The maximum Gasteiger partial charge on any atom is 0.288 e. The van der Waals surface area contributed by atoms with E-state index in [9.17, 15) is 10.1 Å². The van der Waals surface area contributed by atoms with Gasteiger partial charge < -0.3 is 4.74 Å². The van der Waals surface area contributed by atoms with Crippen LogP contribution in [0.4, 0.5) is 5.69 Å². The fraction of sp³-hybridized carbons (Fsp3) is 0. The Morgan fingerprint density at radius 3 is 2.47 bits per heavy atom. The molecular weight excluding hydrogens is 242 g/mol. The van der Waals surface area contributed by atoms with Crippen molar-refractivity contribution in [3.05, 3.63) is 63.7 Å². The monoisotopic (exact) mass is 248 g/mol. The number of nitrogens with zero attached hydrogens (tertiary/aromatic N) is 1. The van der Waals surface area contributed by atoms with Gasteiger partial charge in [-0.2, -0.15) is 0 Å². The first-order chi connectivity index (χ1) is 8.16. The number of benzene rings is 2. The van der Waals surface area contributed by atoms with E-state index in [-0.39, 0.29) is 10.7 Å². The first kappa shape index (κ1) is 11.4. The summed E-state index contributed by atoms with van der Waals surface area (Å²) in [7, 11) is 0. The van der Waals surface area contributed by atoms with Crippen LogP contribution in [-0.4, -0.2) is 4.92 Å². The normalized spacial score (nSPS) is 9.94. The quantitative estimate of drug-likeness (QED) is 0.612. The van der Waals surface area contributed by atoms with Crippen molar-refractivity contribution in [3.63, 3.8) is 0 Å². The molecule has 5 heteroatoms. The molecule has 0 aliphatic rings. The largest absolute Gasteiger partial charge is 0.457 e. The van der Waals surface area contributed by atoms with Crippen LogP contribution < -0.4 is 4.74 Å². The van der Waals surface area contributed by atoms with E-state index < -0.39 is 4.92 Å². The molecule has 2 aromatic rings. The summed E-state index contributed by atoms with van der Waals surface area (Å²) in [6.45, 7) is 0. The Morgan fingerprint density at radius 1 is 1.18 bits per heavy atom. The minimum atomic E-state index is -0.538. The molecule has 2 rings (SSSR count). The van der Waals surface area contributed by atoms with Crippen LogP contribution in [0.5, 0.6) is 11.5 Å². The average molecular weight is 249 g/mol. The maximum atomic E-state index is 10.6. The van der Waals surface area contributed by atoms with Gasteiger partial charge in [0.05, 0.1) is 4.92 Å². The maximum absolute atomic E-state index is 10.6. The highest BCUT2D eigenvalue weighted by atomic mass is 35.5. The van der Waals surface area contributed by atoms with Gasteiger partial charge in [0.25, 0.3) is 5.69 Å². The van der Waals surface area contributed by atoms with E-state index in [1.807, 2.05) is 0 Å². The van der Waals surface area contributed by atoms with E-state index in [2.05, 4.69) is 6.07 Å². The summed E-state index contributed by atoms with van der Waals surface area (Å²) in [5.41, 5.74) is -0.139. The Kier molecular flexibility index (Phi) is 3.25. The molecule has 0 aliphatic heterocycles. The zero-order valence-electron chi connectivity index (χ0n) is 8.59. The van der Waals surface area contributed by atoms with Gasteiger partial charge in [-0.05, 0) is 24.3 Å². The second-order valence-electron chi connectivity index (χ2n) is 3.21. The van der Waals surface area contributed by atoms with Crippen molar-refractivity contribution in [2.24, 2.45) is 0 Å².